The van der Waals surface area contributed by atoms with Gasteiger partial charge in [-0.3, -0.25) is 14.6 Å². The number of carboxylic acids is 1. The van der Waals surface area contributed by atoms with Crippen LogP contribution in [0.4, 0.5) is 17.2 Å². The largest absolute Gasteiger partial charge is 0.480 e. The Morgan fingerprint density at radius 3 is 2.19 bits per heavy atom. The van der Waals surface area contributed by atoms with Gasteiger partial charge in [-0.15, -0.1) is 11.8 Å². The molecule has 0 saturated carbocycles. The Morgan fingerprint density at radius 2 is 1.70 bits per heavy atom. The van der Waals surface area contributed by atoms with E-state index in [4.69, 9.17) is 5.11 Å². The van der Waals surface area contributed by atoms with E-state index in [9.17, 15) is 22.8 Å². The molecule has 0 radical (unpaired) electrons. The number of thioether (sulfide) groups is 1. The second-order valence-electron chi connectivity index (χ2n) is 10.3. The molecule has 12 nitrogen and oxygen atoms in total. The molecule has 1 aliphatic rings. The van der Waals surface area contributed by atoms with Crippen LogP contribution in [-0.4, -0.2) is 83.4 Å². The Kier molecular flexibility index (Phi) is 17.1. The summed E-state index contributed by atoms with van der Waals surface area (Å²) in [7, 11) is 0.0673. The molecule has 0 aliphatic carbocycles. The van der Waals surface area contributed by atoms with Crippen LogP contribution in [0.5, 0.6) is 0 Å². The monoisotopic (exact) mass is 688 g/mol. The summed E-state index contributed by atoms with van der Waals surface area (Å²) in [6, 6.07) is 13.0. The summed E-state index contributed by atoms with van der Waals surface area (Å²) in [4.78, 5) is 44.4. The van der Waals surface area contributed by atoms with Crippen molar-refractivity contribution in [2.75, 3.05) is 29.8 Å². The Bertz CT molecular complexity index is 1510. The Balaban J connectivity index is 0.000000454. The third kappa shape index (κ3) is 11.0. The van der Waals surface area contributed by atoms with Gasteiger partial charge in [-0.25, -0.2) is 18.2 Å². The summed E-state index contributed by atoms with van der Waals surface area (Å²) in [6.45, 7) is 14.1. The van der Waals surface area contributed by atoms with Crippen molar-refractivity contribution in [1.82, 2.24) is 19.6 Å². The molecule has 1 aromatic carbocycles. The van der Waals surface area contributed by atoms with E-state index in [1.54, 1.807) is 71.9 Å². The van der Waals surface area contributed by atoms with Crippen LogP contribution in [0.3, 0.4) is 0 Å². The lowest BCUT2D eigenvalue weighted by Gasteiger charge is -2.27. The summed E-state index contributed by atoms with van der Waals surface area (Å²) >= 11 is 1.66. The number of aromatic nitrogens is 2. The number of carbonyl (C=O) groups is 3. The maximum Gasteiger partial charge on any atom is 0.326 e. The molecule has 258 valence electrons. The molecule has 2 aromatic heterocycles. The van der Waals surface area contributed by atoms with E-state index in [0.29, 0.717) is 30.2 Å². The van der Waals surface area contributed by atoms with E-state index in [0.717, 1.165) is 11.3 Å². The van der Waals surface area contributed by atoms with Crippen LogP contribution in [0.15, 0.2) is 72.0 Å². The maximum atomic E-state index is 12.4. The quantitative estimate of drug-likeness (QED) is 0.258. The fourth-order valence-electron chi connectivity index (χ4n) is 4.21. The number of benzene rings is 1. The fraction of sp³-hybridized carbons (Fsp3) is 0.424. The summed E-state index contributed by atoms with van der Waals surface area (Å²) in [6.07, 6.45) is 5.89. The minimum absolute atomic E-state index is 0.0160. The van der Waals surface area contributed by atoms with Crippen molar-refractivity contribution in [3.8, 4) is 0 Å². The average Bonchev–Trinajstić information content (AvgIpc) is 3.38. The molecule has 4 rings (SSSR count). The molecule has 2 atom stereocenters. The molecule has 1 fully saturated rings. The van der Waals surface area contributed by atoms with E-state index in [2.05, 4.69) is 29.1 Å². The molecule has 0 bridgehead atoms. The van der Waals surface area contributed by atoms with E-state index < -0.39 is 22.0 Å². The molecule has 1 aliphatic heterocycles. The molecular weight excluding hydrogens is 641 g/mol. The van der Waals surface area contributed by atoms with Crippen molar-refractivity contribution in [2.45, 2.75) is 76.6 Å². The van der Waals surface area contributed by atoms with Gasteiger partial charge >= 0.3 is 5.97 Å². The van der Waals surface area contributed by atoms with Crippen molar-refractivity contribution in [2.24, 2.45) is 0 Å². The predicted molar refractivity (Wildman–Crippen MR) is 189 cm³/mol. The van der Waals surface area contributed by atoms with Gasteiger partial charge in [0.05, 0.1) is 11.6 Å². The van der Waals surface area contributed by atoms with E-state index >= 15 is 0 Å². The fourth-order valence-corrected chi connectivity index (χ4v) is 7.44. The zero-order chi connectivity index (χ0) is 35.8. The first-order valence-corrected chi connectivity index (χ1v) is 17.7. The highest BCUT2D eigenvalue weighted by Crippen LogP contribution is 2.41. The summed E-state index contributed by atoms with van der Waals surface area (Å²) in [5.41, 5.74) is 2.26. The predicted octanol–water partition coefficient (Wildman–Crippen LogP) is 5.18. The number of amides is 2. The number of rotatable bonds is 11. The maximum absolute atomic E-state index is 12.4. The van der Waals surface area contributed by atoms with Gasteiger partial charge in [0, 0.05) is 55.6 Å². The minimum atomic E-state index is -3.41. The molecule has 1 saturated heterocycles. The lowest BCUT2D eigenvalue weighted by molar-refractivity contribution is -0.140. The molecule has 3 heterocycles. The van der Waals surface area contributed by atoms with Gasteiger partial charge < -0.3 is 20.2 Å². The highest BCUT2D eigenvalue weighted by molar-refractivity contribution is 8.02. The number of carboxylic acid groups (broad SMARTS) is 1. The first kappa shape index (κ1) is 41.0. The number of pyridine rings is 2. The summed E-state index contributed by atoms with van der Waals surface area (Å²) < 4.78 is 26.3. The summed E-state index contributed by atoms with van der Waals surface area (Å²) in [5, 5.41) is 11.4. The molecule has 0 spiro atoms. The molecule has 2 N–H and O–H groups in total. The van der Waals surface area contributed by atoms with Gasteiger partial charge in [0.1, 0.15) is 10.9 Å². The van der Waals surface area contributed by atoms with Gasteiger partial charge in [0.25, 0.3) is 0 Å². The number of sulfonamides is 1. The van der Waals surface area contributed by atoms with E-state index in [1.165, 1.54) is 11.1 Å². The normalized spacial score (nSPS) is 15.6. The SMILES string of the molecule is CC.CC.CN(C=O)c1cccnc1N(C)c1ccc(C[C@H](NC=O)C(=O)O)cc1.C[C@H]1N(S(=O)(=O)c2cccnc2)CSC1(C)C. The highest BCUT2D eigenvalue weighted by atomic mass is 32.2. The number of hydrogen-bond donors (Lipinski definition) is 2. The molecule has 3 aromatic rings. The van der Waals surface area contributed by atoms with Gasteiger partial charge in [-0.2, -0.15) is 4.31 Å². The van der Waals surface area contributed by atoms with E-state index in [1.807, 2.05) is 58.7 Å². The van der Waals surface area contributed by atoms with Gasteiger partial charge in [-0.1, -0.05) is 39.8 Å². The van der Waals surface area contributed by atoms with Crippen molar-refractivity contribution in [3.05, 3.63) is 72.7 Å². The zero-order valence-corrected chi connectivity index (χ0v) is 30.2. The first-order valence-electron chi connectivity index (χ1n) is 15.3. The van der Waals surface area contributed by atoms with Crippen LogP contribution in [0, 0.1) is 0 Å². The van der Waals surface area contributed by atoms with Gasteiger partial charge in [0.2, 0.25) is 22.8 Å². The van der Waals surface area contributed by atoms with Gasteiger partial charge in [0.15, 0.2) is 5.82 Å². The second kappa shape index (κ2) is 19.6. The van der Waals surface area contributed by atoms with Crippen LogP contribution in [0.1, 0.15) is 54.0 Å². The van der Waals surface area contributed by atoms with Crippen molar-refractivity contribution < 1.29 is 27.9 Å². The van der Waals surface area contributed by atoms with Crippen molar-refractivity contribution >= 4 is 57.8 Å². The smallest absolute Gasteiger partial charge is 0.326 e. The number of aliphatic carboxylic acids is 1. The van der Waals surface area contributed by atoms with E-state index in [-0.39, 0.29) is 22.1 Å². The minimum Gasteiger partial charge on any atom is -0.480 e. The average molecular weight is 689 g/mol. The van der Waals surface area contributed by atoms with Crippen LogP contribution in [-0.2, 0) is 30.8 Å². The standard InChI is InChI=1S/C18H20N4O4.C11H16N2O2S2.2C2H6/c1-21(12-24)16-4-3-9-19-17(16)22(2)14-7-5-13(6-8-14)10-15(18(25)26)20-11-23;1-9-11(2,3)16-8-13(9)17(14,15)10-5-4-6-12-7-10;2*1-2/h3-9,11-12,15H,10H2,1-2H3,(H,20,23)(H,25,26);4-7,9H,8H2,1-3H3;2*1-2H3/t15-;9-;;/m01../s1. The zero-order valence-electron chi connectivity index (χ0n) is 28.6. The third-order valence-electron chi connectivity index (χ3n) is 7.20. The Labute approximate surface area is 283 Å². The first-order chi connectivity index (χ1) is 22.3. The van der Waals surface area contributed by atoms with Crippen LogP contribution >= 0.6 is 11.8 Å². The molecule has 47 heavy (non-hydrogen) atoms. The highest BCUT2D eigenvalue weighted by Gasteiger charge is 2.44. The number of carbonyl (C=O) groups excluding carboxylic acids is 2. The number of anilines is 3. The van der Waals surface area contributed by atoms with Gasteiger partial charge in [-0.05, 0) is 62.7 Å². The van der Waals surface area contributed by atoms with Crippen LogP contribution < -0.4 is 15.1 Å². The molecule has 2 amide bonds. The Morgan fingerprint density at radius 1 is 1.09 bits per heavy atom. The summed E-state index contributed by atoms with van der Waals surface area (Å²) in [5.74, 6) is 0.0278. The molecular formula is C33H48N6O6S2. The van der Waals surface area contributed by atoms with Crippen molar-refractivity contribution in [3.63, 3.8) is 0 Å². The number of nitrogens with one attached hydrogen (secondary N) is 1. The topological polar surface area (TPSA) is 153 Å². The third-order valence-corrected chi connectivity index (χ3v) is 10.8. The lowest BCUT2D eigenvalue weighted by Crippen LogP contribution is -2.41. The Hall–Kier alpha value is -4.01. The number of nitrogens with zero attached hydrogens (tertiary/aromatic N) is 5. The second-order valence-corrected chi connectivity index (χ2v) is 13.8. The lowest BCUT2D eigenvalue weighted by atomic mass is 10.1. The van der Waals surface area contributed by atoms with Crippen LogP contribution in [0.25, 0.3) is 0 Å². The van der Waals surface area contributed by atoms with Crippen LogP contribution in [0.2, 0.25) is 0 Å². The number of hydrogen-bond acceptors (Lipinski definition) is 9. The van der Waals surface area contributed by atoms with Crippen molar-refractivity contribution in [1.29, 1.82) is 0 Å². The molecule has 0 unspecified atom stereocenters. The molecule has 14 heteroatoms.